The maximum absolute atomic E-state index is 5.29. The van der Waals surface area contributed by atoms with Gasteiger partial charge in [-0.3, -0.25) is 0 Å². The Balaban J connectivity index is 2.89. The van der Waals surface area contributed by atoms with E-state index in [-0.39, 0.29) is 0 Å². The summed E-state index contributed by atoms with van der Waals surface area (Å²) in [5, 5.41) is 0. The normalized spacial score (nSPS) is 9.77. The third-order valence-electron chi connectivity index (χ3n) is 1.55. The lowest BCUT2D eigenvalue weighted by atomic mass is 10.3. The molecule has 0 atom stereocenters. The number of aromatic nitrogens is 2. The van der Waals surface area contributed by atoms with Gasteiger partial charge in [-0.15, -0.1) is 0 Å². The number of ether oxygens (including phenoxy) is 2. The van der Waals surface area contributed by atoms with Crippen LogP contribution in [0.5, 0.6) is 11.8 Å². The number of hydrogen-bond donors (Lipinski definition) is 0. The predicted octanol–water partition coefficient (Wildman–Crippen LogP) is 1.58. The van der Waals surface area contributed by atoms with Crippen LogP contribution in [-0.2, 0) is 0 Å². The van der Waals surface area contributed by atoms with Gasteiger partial charge in [-0.25, -0.2) is 9.97 Å². The van der Waals surface area contributed by atoms with E-state index in [1.165, 1.54) is 6.33 Å². The minimum Gasteiger partial charge on any atom is -0.478 e. The highest BCUT2D eigenvalue weighted by molar-refractivity contribution is 5.32. The van der Waals surface area contributed by atoms with Gasteiger partial charge in [0.05, 0.1) is 18.8 Å². The van der Waals surface area contributed by atoms with Crippen LogP contribution >= 0.6 is 0 Å². The average Bonchev–Trinajstić information content (AvgIpc) is 2.13. The van der Waals surface area contributed by atoms with E-state index in [2.05, 4.69) is 9.97 Å². The van der Waals surface area contributed by atoms with Crippen LogP contribution < -0.4 is 9.47 Å². The van der Waals surface area contributed by atoms with Gasteiger partial charge in [0.15, 0.2) is 0 Å². The lowest BCUT2D eigenvalue weighted by Crippen LogP contribution is -2.02. The second-order valence-electron chi connectivity index (χ2n) is 2.47. The maximum atomic E-state index is 5.29. The predicted molar refractivity (Wildman–Crippen MR) is 49.1 cm³/mol. The molecule has 72 valence electrons. The van der Waals surface area contributed by atoms with E-state index in [0.717, 1.165) is 5.56 Å². The summed E-state index contributed by atoms with van der Waals surface area (Å²) in [6, 6.07) is 0. The van der Waals surface area contributed by atoms with E-state index < -0.39 is 0 Å². The topological polar surface area (TPSA) is 44.2 Å². The van der Waals surface area contributed by atoms with Crippen molar-refractivity contribution in [1.29, 1.82) is 0 Å². The van der Waals surface area contributed by atoms with E-state index in [1.54, 1.807) is 0 Å². The zero-order valence-corrected chi connectivity index (χ0v) is 8.20. The van der Waals surface area contributed by atoms with Crippen molar-refractivity contribution in [2.75, 3.05) is 13.2 Å². The minimum absolute atomic E-state index is 0.598. The third-order valence-corrected chi connectivity index (χ3v) is 1.55. The first-order valence-electron chi connectivity index (χ1n) is 4.36. The summed E-state index contributed by atoms with van der Waals surface area (Å²) in [4.78, 5) is 8.00. The van der Waals surface area contributed by atoms with Crippen molar-refractivity contribution in [2.24, 2.45) is 0 Å². The molecule has 1 heterocycles. The molecule has 1 aromatic rings. The fourth-order valence-electron chi connectivity index (χ4n) is 0.983. The summed E-state index contributed by atoms with van der Waals surface area (Å²) in [6.07, 6.45) is 1.45. The largest absolute Gasteiger partial charge is 0.478 e. The van der Waals surface area contributed by atoms with Crippen molar-refractivity contribution in [1.82, 2.24) is 9.97 Å². The molecule has 4 nitrogen and oxygen atoms in total. The lowest BCUT2D eigenvalue weighted by Gasteiger charge is -2.08. The van der Waals surface area contributed by atoms with Crippen LogP contribution in [0.25, 0.3) is 0 Å². The van der Waals surface area contributed by atoms with Gasteiger partial charge in [0, 0.05) is 0 Å². The van der Waals surface area contributed by atoms with Gasteiger partial charge in [0.2, 0.25) is 11.8 Å². The maximum Gasteiger partial charge on any atom is 0.223 e. The molecule has 0 spiro atoms. The third kappa shape index (κ3) is 2.31. The van der Waals surface area contributed by atoms with Crippen molar-refractivity contribution < 1.29 is 9.47 Å². The Morgan fingerprint density at radius 1 is 1.08 bits per heavy atom. The number of nitrogens with zero attached hydrogens (tertiary/aromatic N) is 2. The quantitative estimate of drug-likeness (QED) is 0.709. The Kier molecular flexibility index (Phi) is 3.49. The molecule has 0 aliphatic rings. The number of hydrogen-bond acceptors (Lipinski definition) is 4. The van der Waals surface area contributed by atoms with Crippen LogP contribution in [0.4, 0.5) is 0 Å². The molecular formula is C9H14N2O2. The van der Waals surface area contributed by atoms with Crippen LogP contribution in [0, 0.1) is 6.92 Å². The van der Waals surface area contributed by atoms with Gasteiger partial charge in [-0.1, -0.05) is 0 Å². The monoisotopic (exact) mass is 182 g/mol. The highest BCUT2D eigenvalue weighted by atomic mass is 16.5. The van der Waals surface area contributed by atoms with Crippen molar-refractivity contribution >= 4 is 0 Å². The summed E-state index contributed by atoms with van der Waals surface area (Å²) >= 11 is 0. The molecule has 4 heteroatoms. The molecule has 13 heavy (non-hydrogen) atoms. The Morgan fingerprint density at radius 3 is 1.92 bits per heavy atom. The molecule has 0 aromatic carbocycles. The molecule has 0 fully saturated rings. The van der Waals surface area contributed by atoms with Crippen LogP contribution in [0.2, 0.25) is 0 Å². The first-order valence-corrected chi connectivity index (χ1v) is 4.36. The molecule has 0 N–H and O–H groups in total. The first kappa shape index (κ1) is 9.77. The van der Waals surface area contributed by atoms with Gasteiger partial charge >= 0.3 is 0 Å². The van der Waals surface area contributed by atoms with Crippen LogP contribution in [0.15, 0.2) is 6.33 Å². The molecule has 0 saturated heterocycles. The first-order chi connectivity index (χ1) is 6.29. The molecule has 0 amide bonds. The summed E-state index contributed by atoms with van der Waals surface area (Å²) in [6.45, 7) is 6.92. The highest BCUT2D eigenvalue weighted by Gasteiger charge is 2.07. The summed E-state index contributed by atoms with van der Waals surface area (Å²) in [5.41, 5.74) is 0.853. The standard InChI is InChI=1S/C9H14N2O2/c1-4-12-8-7(3)9(13-5-2)11-6-10-8/h6H,4-5H2,1-3H3. The smallest absolute Gasteiger partial charge is 0.223 e. The molecule has 0 saturated carbocycles. The van der Waals surface area contributed by atoms with Crippen molar-refractivity contribution in [3.05, 3.63) is 11.9 Å². The van der Waals surface area contributed by atoms with Gasteiger partial charge in [0.25, 0.3) is 0 Å². The van der Waals surface area contributed by atoms with E-state index in [0.29, 0.717) is 25.0 Å². The van der Waals surface area contributed by atoms with E-state index in [1.807, 2.05) is 20.8 Å². The molecule has 1 aromatic heterocycles. The average molecular weight is 182 g/mol. The SMILES string of the molecule is CCOc1ncnc(OCC)c1C. The van der Waals surface area contributed by atoms with Crippen LogP contribution in [-0.4, -0.2) is 23.2 Å². The van der Waals surface area contributed by atoms with E-state index in [4.69, 9.17) is 9.47 Å². The Morgan fingerprint density at radius 2 is 1.54 bits per heavy atom. The van der Waals surface area contributed by atoms with E-state index in [9.17, 15) is 0 Å². The van der Waals surface area contributed by atoms with Gasteiger partial charge < -0.3 is 9.47 Å². The minimum atomic E-state index is 0.598. The second kappa shape index (κ2) is 4.64. The molecule has 0 unspecified atom stereocenters. The summed E-state index contributed by atoms with van der Waals surface area (Å²) in [5.74, 6) is 1.20. The molecule has 0 bridgehead atoms. The zero-order chi connectivity index (χ0) is 9.68. The van der Waals surface area contributed by atoms with Crippen molar-refractivity contribution in [2.45, 2.75) is 20.8 Å². The zero-order valence-electron chi connectivity index (χ0n) is 8.20. The molecular weight excluding hydrogens is 168 g/mol. The van der Waals surface area contributed by atoms with E-state index >= 15 is 0 Å². The van der Waals surface area contributed by atoms with Gasteiger partial charge in [0.1, 0.15) is 6.33 Å². The van der Waals surface area contributed by atoms with Crippen LogP contribution in [0.1, 0.15) is 19.4 Å². The Bertz CT molecular complexity index is 252. The van der Waals surface area contributed by atoms with Crippen molar-refractivity contribution in [3.63, 3.8) is 0 Å². The summed E-state index contributed by atoms with van der Waals surface area (Å²) < 4.78 is 10.6. The molecule has 1 rings (SSSR count). The number of rotatable bonds is 4. The second-order valence-corrected chi connectivity index (χ2v) is 2.47. The fraction of sp³-hybridized carbons (Fsp3) is 0.556. The van der Waals surface area contributed by atoms with Crippen LogP contribution in [0.3, 0.4) is 0 Å². The Labute approximate surface area is 77.9 Å². The van der Waals surface area contributed by atoms with Crippen molar-refractivity contribution in [3.8, 4) is 11.8 Å². The molecule has 0 aliphatic heterocycles. The fourth-order valence-corrected chi connectivity index (χ4v) is 0.983. The Hall–Kier alpha value is -1.32. The van der Waals surface area contributed by atoms with Gasteiger partial charge in [-0.05, 0) is 20.8 Å². The summed E-state index contributed by atoms with van der Waals surface area (Å²) in [7, 11) is 0. The lowest BCUT2D eigenvalue weighted by molar-refractivity contribution is 0.300. The molecule has 0 aliphatic carbocycles. The van der Waals surface area contributed by atoms with Gasteiger partial charge in [-0.2, -0.15) is 0 Å². The highest BCUT2D eigenvalue weighted by Crippen LogP contribution is 2.21. The molecule has 0 radical (unpaired) electrons.